The van der Waals surface area contributed by atoms with Crippen LogP contribution in [-0.2, 0) is 13.6 Å². The van der Waals surface area contributed by atoms with Gasteiger partial charge in [0.05, 0.1) is 23.1 Å². The van der Waals surface area contributed by atoms with Gasteiger partial charge in [0.15, 0.2) is 0 Å². The summed E-state index contributed by atoms with van der Waals surface area (Å²) in [4.78, 5) is 20.2. The van der Waals surface area contributed by atoms with E-state index in [2.05, 4.69) is 25.8 Å². The van der Waals surface area contributed by atoms with Crippen LogP contribution in [0.2, 0.25) is 5.02 Å². The van der Waals surface area contributed by atoms with Gasteiger partial charge in [-0.15, -0.1) is 0 Å². The molecule has 0 fully saturated rings. The molecule has 0 aliphatic rings. The van der Waals surface area contributed by atoms with E-state index in [1.54, 1.807) is 29.2 Å². The Bertz CT molecular complexity index is 1050. The highest BCUT2D eigenvalue weighted by Crippen LogP contribution is 2.26. The monoisotopic (exact) mass is 429 g/mol. The molecule has 0 spiro atoms. The highest BCUT2D eigenvalue weighted by Gasteiger charge is 2.26. The summed E-state index contributed by atoms with van der Waals surface area (Å²) in [5.41, 5.74) is 5.43. The van der Waals surface area contributed by atoms with Crippen molar-refractivity contribution in [2.75, 3.05) is 5.32 Å². The number of nitrogens with one attached hydrogen (secondary N) is 2. The van der Waals surface area contributed by atoms with E-state index >= 15 is 0 Å². The lowest BCUT2D eigenvalue weighted by Crippen LogP contribution is -2.52. The molecule has 1 amide bonds. The molecule has 0 aliphatic carbocycles. The summed E-state index contributed by atoms with van der Waals surface area (Å²) in [7, 11) is 1.83. The van der Waals surface area contributed by atoms with Gasteiger partial charge < -0.3 is 10.4 Å². The molecule has 0 bridgehead atoms. The second kappa shape index (κ2) is 8.68. The van der Waals surface area contributed by atoms with Crippen molar-refractivity contribution in [2.24, 2.45) is 7.05 Å². The number of hydrazine groups is 1. The number of carbonyl (C=O) groups is 1. The first-order valence-electron chi connectivity index (χ1n) is 9.27. The summed E-state index contributed by atoms with van der Waals surface area (Å²) in [6.07, 6.45) is 4.13. The number of nitrogens with zero attached hydrogens (tertiary/aromatic N) is 5. The van der Waals surface area contributed by atoms with Crippen molar-refractivity contribution in [1.29, 1.82) is 0 Å². The van der Waals surface area contributed by atoms with Crippen molar-refractivity contribution >= 4 is 29.3 Å². The number of halogens is 1. The summed E-state index contributed by atoms with van der Waals surface area (Å²) in [5.74, 6) is 0.449. The zero-order valence-corrected chi connectivity index (χ0v) is 18.0. The zero-order valence-electron chi connectivity index (χ0n) is 17.2. The third-order valence-corrected chi connectivity index (χ3v) is 4.61. The third-order valence-electron chi connectivity index (χ3n) is 4.26. The van der Waals surface area contributed by atoms with Crippen LogP contribution in [-0.4, -0.2) is 41.5 Å². The lowest BCUT2D eigenvalue weighted by atomic mass is 10.1. The SMILES string of the molecule is Cn1cc(Nc2nccc(-c3ccc(CNN(C(=O)O)C(C)(C)C)c(Cl)c3)n2)cn1. The number of hydrogen-bond donors (Lipinski definition) is 3. The van der Waals surface area contributed by atoms with Crippen LogP contribution >= 0.6 is 11.6 Å². The maximum absolute atomic E-state index is 11.5. The summed E-state index contributed by atoms with van der Waals surface area (Å²) in [6.45, 7) is 5.71. The maximum Gasteiger partial charge on any atom is 0.422 e. The first kappa shape index (κ1) is 21.5. The van der Waals surface area contributed by atoms with E-state index in [9.17, 15) is 9.90 Å². The molecule has 9 nitrogen and oxygen atoms in total. The standard InChI is InChI=1S/C20H24ClN7O2/c1-20(2,3)28(19(29)30)24-10-14-6-5-13(9-16(14)21)17-7-8-22-18(26-17)25-15-11-23-27(4)12-15/h5-9,11-12,24H,10H2,1-4H3,(H,29,30)(H,22,25,26). The van der Waals surface area contributed by atoms with Crippen molar-refractivity contribution in [1.82, 2.24) is 30.2 Å². The fourth-order valence-corrected chi connectivity index (χ4v) is 3.05. The Balaban J connectivity index is 1.75. The van der Waals surface area contributed by atoms with Gasteiger partial charge >= 0.3 is 6.09 Å². The highest BCUT2D eigenvalue weighted by molar-refractivity contribution is 6.31. The van der Waals surface area contributed by atoms with E-state index in [4.69, 9.17) is 11.6 Å². The normalized spacial score (nSPS) is 11.4. The van der Waals surface area contributed by atoms with Gasteiger partial charge in [0, 0.05) is 36.6 Å². The van der Waals surface area contributed by atoms with Crippen LogP contribution in [0.3, 0.4) is 0 Å². The molecular formula is C20H24ClN7O2. The molecule has 1 aromatic carbocycles. The molecule has 158 valence electrons. The fourth-order valence-electron chi connectivity index (χ4n) is 2.80. The average molecular weight is 430 g/mol. The summed E-state index contributed by atoms with van der Waals surface area (Å²) in [5, 5.41) is 18.3. The maximum atomic E-state index is 11.5. The van der Waals surface area contributed by atoms with Crippen LogP contribution < -0.4 is 10.7 Å². The molecule has 0 atom stereocenters. The Morgan fingerprint density at radius 2 is 2.07 bits per heavy atom. The first-order valence-corrected chi connectivity index (χ1v) is 9.65. The van der Waals surface area contributed by atoms with Crippen LogP contribution in [0.15, 0.2) is 42.9 Å². The summed E-state index contributed by atoms with van der Waals surface area (Å²) >= 11 is 6.45. The van der Waals surface area contributed by atoms with Gasteiger partial charge in [0.2, 0.25) is 5.95 Å². The molecule has 0 saturated carbocycles. The van der Waals surface area contributed by atoms with E-state index < -0.39 is 11.6 Å². The van der Waals surface area contributed by atoms with Gasteiger partial charge in [0.25, 0.3) is 0 Å². The smallest absolute Gasteiger partial charge is 0.422 e. The lowest BCUT2D eigenvalue weighted by Gasteiger charge is -2.33. The van der Waals surface area contributed by atoms with Gasteiger partial charge in [-0.1, -0.05) is 23.7 Å². The Morgan fingerprint density at radius 3 is 2.67 bits per heavy atom. The number of aromatic nitrogens is 4. The zero-order chi connectivity index (χ0) is 21.9. The minimum Gasteiger partial charge on any atom is -0.464 e. The number of rotatable bonds is 6. The number of hydrogen-bond acceptors (Lipinski definition) is 6. The fraction of sp³-hybridized carbons (Fsp3) is 0.300. The minimum atomic E-state index is -1.05. The Labute approximate surface area is 179 Å². The van der Waals surface area contributed by atoms with Crippen LogP contribution in [0.25, 0.3) is 11.3 Å². The molecule has 0 aliphatic heterocycles. The summed E-state index contributed by atoms with van der Waals surface area (Å²) in [6, 6.07) is 7.34. The molecule has 3 N–H and O–H groups in total. The molecule has 0 radical (unpaired) electrons. The topological polar surface area (TPSA) is 108 Å². The van der Waals surface area contributed by atoms with Crippen molar-refractivity contribution in [3.63, 3.8) is 0 Å². The quantitative estimate of drug-likeness (QED) is 0.507. The van der Waals surface area contributed by atoms with Crippen molar-refractivity contribution in [3.8, 4) is 11.3 Å². The van der Waals surface area contributed by atoms with Gasteiger partial charge in [-0.3, -0.25) is 4.68 Å². The predicted octanol–water partition coefficient (Wildman–Crippen LogP) is 4.06. The van der Waals surface area contributed by atoms with Crippen molar-refractivity contribution in [2.45, 2.75) is 32.9 Å². The molecule has 2 heterocycles. The van der Waals surface area contributed by atoms with Crippen LogP contribution in [0.5, 0.6) is 0 Å². The van der Waals surface area contributed by atoms with Crippen LogP contribution in [0.4, 0.5) is 16.4 Å². The molecule has 10 heteroatoms. The molecule has 3 aromatic rings. The predicted molar refractivity (Wildman–Crippen MR) is 115 cm³/mol. The second-order valence-electron chi connectivity index (χ2n) is 7.72. The minimum absolute atomic E-state index is 0.278. The van der Waals surface area contributed by atoms with E-state index in [-0.39, 0.29) is 6.54 Å². The lowest BCUT2D eigenvalue weighted by molar-refractivity contribution is 0.0624. The second-order valence-corrected chi connectivity index (χ2v) is 8.13. The molecule has 0 saturated heterocycles. The third kappa shape index (κ3) is 5.25. The van der Waals surface area contributed by atoms with Gasteiger partial charge in [-0.05, 0) is 38.5 Å². The van der Waals surface area contributed by atoms with Gasteiger partial charge in [-0.2, -0.15) is 5.10 Å². The molecule has 3 rings (SSSR count). The van der Waals surface area contributed by atoms with E-state index in [0.29, 0.717) is 16.7 Å². The van der Waals surface area contributed by atoms with E-state index in [1.165, 1.54) is 0 Å². The molecule has 0 unspecified atom stereocenters. The van der Waals surface area contributed by atoms with E-state index in [1.807, 2.05) is 46.1 Å². The number of aryl methyl sites for hydroxylation is 1. The largest absolute Gasteiger partial charge is 0.464 e. The first-order chi connectivity index (χ1) is 14.1. The molecular weight excluding hydrogens is 406 g/mol. The summed E-state index contributed by atoms with van der Waals surface area (Å²) < 4.78 is 1.68. The Morgan fingerprint density at radius 1 is 1.30 bits per heavy atom. The number of carboxylic acid groups (broad SMARTS) is 1. The Kier molecular flexibility index (Phi) is 6.23. The van der Waals surface area contributed by atoms with Crippen LogP contribution in [0, 0.1) is 0 Å². The number of amides is 1. The molecule has 30 heavy (non-hydrogen) atoms. The Hall–Kier alpha value is -3.17. The number of anilines is 2. The van der Waals surface area contributed by atoms with Crippen molar-refractivity contribution in [3.05, 3.63) is 53.4 Å². The molecule has 2 aromatic heterocycles. The van der Waals surface area contributed by atoms with Gasteiger partial charge in [-0.25, -0.2) is 25.2 Å². The van der Waals surface area contributed by atoms with E-state index in [0.717, 1.165) is 21.8 Å². The highest BCUT2D eigenvalue weighted by atomic mass is 35.5. The number of benzene rings is 1. The van der Waals surface area contributed by atoms with Gasteiger partial charge in [0.1, 0.15) is 0 Å². The van der Waals surface area contributed by atoms with Crippen molar-refractivity contribution < 1.29 is 9.90 Å². The van der Waals surface area contributed by atoms with Crippen LogP contribution in [0.1, 0.15) is 26.3 Å². The average Bonchev–Trinajstić information content (AvgIpc) is 3.06.